The van der Waals surface area contributed by atoms with Crippen LogP contribution in [0.2, 0.25) is 0 Å². The quantitative estimate of drug-likeness (QED) is 0.667. The fourth-order valence-corrected chi connectivity index (χ4v) is 3.69. The van der Waals surface area contributed by atoms with Crippen molar-refractivity contribution in [3.05, 3.63) is 47.9 Å². The van der Waals surface area contributed by atoms with E-state index in [0.29, 0.717) is 6.04 Å². The van der Waals surface area contributed by atoms with Crippen LogP contribution >= 0.6 is 49.9 Å². The average molecular weight is 451 g/mol. The van der Waals surface area contributed by atoms with Gasteiger partial charge in [-0.25, -0.2) is 4.98 Å². The Balaban J connectivity index is 2.26. The molecule has 2 aromatic rings. The molecular formula is C14H16BrIN2S. The van der Waals surface area contributed by atoms with Crippen molar-refractivity contribution < 1.29 is 0 Å². The highest BCUT2D eigenvalue weighted by atomic mass is 127. The molecule has 1 N–H and O–H groups in total. The number of hydrogen-bond donors (Lipinski definition) is 1. The predicted octanol–water partition coefficient (Wildman–Crippen LogP) is 4.71. The molecule has 1 aromatic carbocycles. The van der Waals surface area contributed by atoms with Gasteiger partial charge in [-0.15, -0.1) is 11.3 Å². The monoisotopic (exact) mass is 450 g/mol. The summed E-state index contributed by atoms with van der Waals surface area (Å²) in [6, 6.07) is 6.77. The van der Waals surface area contributed by atoms with Gasteiger partial charge in [0.05, 0.1) is 10.7 Å². The van der Waals surface area contributed by atoms with E-state index in [0.717, 1.165) is 22.4 Å². The molecule has 0 aliphatic carbocycles. The summed E-state index contributed by atoms with van der Waals surface area (Å²) in [6.07, 6.45) is 0.927. The summed E-state index contributed by atoms with van der Waals surface area (Å²) in [4.78, 5) is 4.57. The molecule has 1 unspecified atom stereocenters. The average Bonchev–Trinajstić information content (AvgIpc) is 2.77. The number of aromatic nitrogens is 1. The SMILES string of the molecule is CCNC(Cc1csc(C)n1)c1cc(I)ccc1Br. The van der Waals surface area contributed by atoms with Gasteiger partial charge in [-0.2, -0.15) is 0 Å². The van der Waals surface area contributed by atoms with Crippen molar-refractivity contribution in [2.45, 2.75) is 26.3 Å². The zero-order valence-corrected chi connectivity index (χ0v) is 15.5. The second-order valence-corrected chi connectivity index (χ2v) is 7.50. The van der Waals surface area contributed by atoms with Gasteiger partial charge in [0.1, 0.15) is 0 Å². The van der Waals surface area contributed by atoms with Gasteiger partial charge in [-0.3, -0.25) is 0 Å². The van der Waals surface area contributed by atoms with Crippen LogP contribution in [0.25, 0.3) is 0 Å². The first-order chi connectivity index (χ1) is 9.10. The number of thiazole rings is 1. The Morgan fingerprint density at radius 2 is 2.26 bits per heavy atom. The molecule has 0 aliphatic heterocycles. The molecule has 0 bridgehead atoms. The van der Waals surface area contributed by atoms with Crippen LogP contribution in [0, 0.1) is 10.5 Å². The molecule has 1 heterocycles. The van der Waals surface area contributed by atoms with Gasteiger partial charge in [0, 0.05) is 25.9 Å². The molecule has 0 saturated heterocycles. The Morgan fingerprint density at radius 1 is 1.47 bits per heavy atom. The van der Waals surface area contributed by atoms with Crippen molar-refractivity contribution in [2.24, 2.45) is 0 Å². The Hall–Kier alpha value is 0.0200. The van der Waals surface area contributed by atoms with Gasteiger partial charge in [-0.05, 0) is 59.8 Å². The number of halogens is 2. The van der Waals surface area contributed by atoms with Crippen molar-refractivity contribution in [3.63, 3.8) is 0 Å². The van der Waals surface area contributed by atoms with Crippen LogP contribution in [0.15, 0.2) is 28.1 Å². The molecule has 1 atom stereocenters. The van der Waals surface area contributed by atoms with E-state index in [1.165, 1.54) is 14.8 Å². The van der Waals surface area contributed by atoms with Crippen LogP contribution in [0.5, 0.6) is 0 Å². The minimum atomic E-state index is 0.301. The van der Waals surface area contributed by atoms with E-state index in [9.17, 15) is 0 Å². The van der Waals surface area contributed by atoms with E-state index in [2.05, 4.69) is 86.2 Å². The maximum Gasteiger partial charge on any atom is 0.0897 e. The van der Waals surface area contributed by atoms with Crippen molar-refractivity contribution in [1.82, 2.24) is 10.3 Å². The van der Waals surface area contributed by atoms with E-state index < -0.39 is 0 Å². The van der Waals surface area contributed by atoms with E-state index in [1.807, 2.05) is 0 Å². The van der Waals surface area contributed by atoms with Crippen molar-refractivity contribution in [3.8, 4) is 0 Å². The lowest BCUT2D eigenvalue weighted by atomic mass is 10.0. The van der Waals surface area contributed by atoms with Crippen molar-refractivity contribution in [1.29, 1.82) is 0 Å². The van der Waals surface area contributed by atoms with Crippen LogP contribution in [0.3, 0.4) is 0 Å². The lowest BCUT2D eigenvalue weighted by Gasteiger charge is -2.19. The normalized spacial score (nSPS) is 12.6. The first-order valence-electron chi connectivity index (χ1n) is 6.19. The zero-order valence-electron chi connectivity index (χ0n) is 10.9. The second-order valence-electron chi connectivity index (χ2n) is 4.34. The largest absolute Gasteiger partial charge is 0.310 e. The molecule has 0 aliphatic rings. The standard InChI is InChI=1S/C14H16BrIN2S/c1-3-17-14(7-11-8-19-9(2)18-11)12-6-10(16)4-5-13(12)15/h4-6,8,14,17H,3,7H2,1-2H3. The van der Waals surface area contributed by atoms with Gasteiger partial charge in [-0.1, -0.05) is 22.9 Å². The Kier molecular flexibility index (Phi) is 5.80. The van der Waals surface area contributed by atoms with Gasteiger partial charge >= 0.3 is 0 Å². The highest BCUT2D eigenvalue weighted by Crippen LogP contribution is 2.28. The number of likely N-dealkylation sites (N-methyl/N-ethyl adjacent to an activating group) is 1. The van der Waals surface area contributed by atoms with Crippen LogP contribution in [-0.4, -0.2) is 11.5 Å². The molecule has 0 fully saturated rings. The van der Waals surface area contributed by atoms with E-state index in [1.54, 1.807) is 11.3 Å². The molecule has 0 amide bonds. The second kappa shape index (κ2) is 7.15. The molecule has 0 radical (unpaired) electrons. The molecule has 102 valence electrons. The number of nitrogens with one attached hydrogen (secondary N) is 1. The maximum absolute atomic E-state index is 4.57. The topological polar surface area (TPSA) is 24.9 Å². The third-order valence-corrected chi connectivity index (χ3v) is 5.08. The number of aryl methyl sites for hydroxylation is 1. The Labute approximate surface area is 140 Å². The van der Waals surface area contributed by atoms with Crippen LogP contribution in [-0.2, 0) is 6.42 Å². The van der Waals surface area contributed by atoms with Gasteiger partial charge in [0.2, 0.25) is 0 Å². The molecule has 1 aromatic heterocycles. The summed E-state index contributed by atoms with van der Waals surface area (Å²) < 4.78 is 2.42. The molecule has 5 heteroatoms. The molecule has 19 heavy (non-hydrogen) atoms. The Bertz CT molecular complexity index is 556. The number of rotatable bonds is 5. The highest BCUT2D eigenvalue weighted by molar-refractivity contribution is 14.1. The van der Waals surface area contributed by atoms with Crippen molar-refractivity contribution >= 4 is 49.9 Å². The molecule has 0 spiro atoms. The summed E-state index contributed by atoms with van der Waals surface area (Å²) in [6.45, 7) is 5.14. The summed E-state index contributed by atoms with van der Waals surface area (Å²) in [5, 5.41) is 6.84. The minimum absolute atomic E-state index is 0.301. The summed E-state index contributed by atoms with van der Waals surface area (Å²) in [5.41, 5.74) is 2.47. The van der Waals surface area contributed by atoms with Crippen LogP contribution in [0.4, 0.5) is 0 Å². The van der Waals surface area contributed by atoms with E-state index in [-0.39, 0.29) is 0 Å². The first-order valence-corrected chi connectivity index (χ1v) is 8.94. The highest BCUT2D eigenvalue weighted by Gasteiger charge is 2.16. The van der Waals surface area contributed by atoms with E-state index in [4.69, 9.17) is 0 Å². The zero-order chi connectivity index (χ0) is 13.8. The van der Waals surface area contributed by atoms with Gasteiger partial charge in [0.25, 0.3) is 0 Å². The molecular weight excluding hydrogens is 435 g/mol. The Morgan fingerprint density at radius 3 is 2.89 bits per heavy atom. The molecule has 2 rings (SSSR count). The maximum atomic E-state index is 4.57. The van der Waals surface area contributed by atoms with Gasteiger partial charge < -0.3 is 5.32 Å². The lowest BCUT2D eigenvalue weighted by Crippen LogP contribution is -2.23. The summed E-state index contributed by atoms with van der Waals surface area (Å²) in [5.74, 6) is 0. The van der Waals surface area contributed by atoms with Crippen LogP contribution in [0.1, 0.15) is 29.2 Å². The number of benzene rings is 1. The summed E-state index contributed by atoms with van der Waals surface area (Å²) in [7, 11) is 0. The van der Waals surface area contributed by atoms with E-state index >= 15 is 0 Å². The van der Waals surface area contributed by atoms with Gasteiger partial charge in [0.15, 0.2) is 0 Å². The predicted molar refractivity (Wildman–Crippen MR) is 93.8 cm³/mol. The molecule has 0 saturated carbocycles. The fraction of sp³-hybridized carbons (Fsp3) is 0.357. The lowest BCUT2D eigenvalue weighted by molar-refractivity contribution is 0.543. The van der Waals surface area contributed by atoms with Crippen LogP contribution < -0.4 is 5.32 Å². The third-order valence-electron chi connectivity index (χ3n) is 2.86. The minimum Gasteiger partial charge on any atom is -0.310 e. The first kappa shape index (κ1) is 15.4. The third kappa shape index (κ3) is 4.24. The number of hydrogen-bond acceptors (Lipinski definition) is 3. The smallest absolute Gasteiger partial charge is 0.0897 e. The molecule has 2 nitrogen and oxygen atoms in total. The number of nitrogens with zero attached hydrogens (tertiary/aromatic N) is 1. The fourth-order valence-electron chi connectivity index (χ4n) is 2.03. The van der Waals surface area contributed by atoms with Crippen molar-refractivity contribution in [2.75, 3.05) is 6.54 Å². The summed E-state index contributed by atoms with van der Waals surface area (Å²) >= 11 is 7.73.